The van der Waals surface area contributed by atoms with Crippen molar-refractivity contribution < 1.29 is 24.3 Å². The predicted molar refractivity (Wildman–Crippen MR) is 67.7 cm³/mol. The van der Waals surface area contributed by atoms with E-state index in [1.165, 1.54) is 6.20 Å². The molecule has 3 heterocycles. The maximum Gasteiger partial charge on any atom is 0.369 e. The number of amides is 2. The number of nitrogens with zero attached hydrogens (tertiary/aromatic N) is 3. The first kappa shape index (κ1) is 13.0. The summed E-state index contributed by atoms with van der Waals surface area (Å²) in [4.78, 5) is 47.3. The second-order valence-electron chi connectivity index (χ2n) is 4.35. The fraction of sp³-hybridized carbons (Fsp3) is 0.154. The van der Waals surface area contributed by atoms with Gasteiger partial charge in [0, 0.05) is 25.2 Å². The molecule has 1 N–H and O–H groups in total. The Bertz CT molecular complexity index is 757. The Kier molecular flexibility index (Phi) is 2.98. The molecule has 1 aliphatic heterocycles. The summed E-state index contributed by atoms with van der Waals surface area (Å²) >= 11 is 0. The van der Waals surface area contributed by atoms with E-state index in [2.05, 4.69) is 9.97 Å². The van der Waals surface area contributed by atoms with E-state index in [1.54, 1.807) is 12.1 Å². The van der Waals surface area contributed by atoms with Crippen LogP contribution in [0.1, 0.15) is 23.2 Å². The normalized spacial score (nSPS) is 14.8. The highest BCUT2D eigenvalue weighted by atomic mass is 16.7. The van der Waals surface area contributed by atoms with Gasteiger partial charge in [0.25, 0.3) is 11.8 Å². The first-order valence-electron chi connectivity index (χ1n) is 6.08. The molecule has 8 heteroatoms. The molecule has 0 aromatic carbocycles. The smallest absolute Gasteiger partial charge is 0.369 e. The van der Waals surface area contributed by atoms with Crippen LogP contribution in [-0.2, 0) is 14.4 Å². The molecule has 1 fully saturated rings. The lowest BCUT2D eigenvalue weighted by Crippen LogP contribution is -2.32. The molecule has 0 saturated carbocycles. The number of carbonyl (C=O) groups is 3. The van der Waals surface area contributed by atoms with Gasteiger partial charge in [0.1, 0.15) is 11.1 Å². The van der Waals surface area contributed by atoms with E-state index >= 15 is 0 Å². The Morgan fingerprint density at radius 1 is 1.24 bits per heavy atom. The zero-order chi connectivity index (χ0) is 15.0. The number of fused-ring (bicyclic) bond motifs is 1. The van der Waals surface area contributed by atoms with E-state index in [4.69, 9.17) is 4.84 Å². The van der Waals surface area contributed by atoms with Crippen LogP contribution in [0.3, 0.4) is 0 Å². The lowest BCUT2D eigenvalue weighted by molar-refractivity contribution is -0.172. The van der Waals surface area contributed by atoms with Crippen LogP contribution in [0, 0.1) is 0 Å². The molecule has 1 saturated heterocycles. The fourth-order valence-corrected chi connectivity index (χ4v) is 1.95. The van der Waals surface area contributed by atoms with E-state index in [-0.39, 0.29) is 23.9 Å². The van der Waals surface area contributed by atoms with E-state index in [0.717, 1.165) is 6.20 Å². The monoisotopic (exact) mass is 287 g/mol. The van der Waals surface area contributed by atoms with Gasteiger partial charge in [-0.1, -0.05) is 0 Å². The molecule has 106 valence electrons. The van der Waals surface area contributed by atoms with Crippen LogP contribution in [0.2, 0.25) is 0 Å². The number of imide groups is 1. The quantitative estimate of drug-likeness (QED) is 0.803. The Labute approximate surface area is 117 Å². The van der Waals surface area contributed by atoms with Crippen molar-refractivity contribution in [1.82, 2.24) is 15.0 Å². The average molecular weight is 287 g/mol. The van der Waals surface area contributed by atoms with Crippen molar-refractivity contribution >= 4 is 28.8 Å². The van der Waals surface area contributed by atoms with Gasteiger partial charge in [-0.2, -0.15) is 0 Å². The topological polar surface area (TPSA) is 110 Å². The van der Waals surface area contributed by atoms with Crippen LogP contribution in [0.5, 0.6) is 5.75 Å². The van der Waals surface area contributed by atoms with Gasteiger partial charge >= 0.3 is 5.97 Å². The molecular formula is C13H9N3O5. The van der Waals surface area contributed by atoms with Gasteiger partial charge in [0.05, 0.1) is 5.52 Å². The van der Waals surface area contributed by atoms with E-state index in [0.29, 0.717) is 10.6 Å². The first-order valence-corrected chi connectivity index (χ1v) is 6.08. The molecule has 2 aromatic rings. The highest BCUT2D eigenvalue weighted by Crippen LogP contribution is 2.26. The zero-order valence-corrected chi connectivity index (χ0v) is 10.6. The number of hydroxylamine groups is 2. The van der Waals surface area contributed by atoms with Gasteiger partial charge in [-0.05, 0) is 12.1 Å². The summed E-state index contributed by atoms with van der Waals surface area (Å²) in [5, 5.41) is 10.4. The number of aromatic hydroxyl groups is 1. The third kappa shape index (κ3) is 2.16. The Hall–Kier alpha value is -3.03. The minimum atomic E-state index is -1.05. The predicted octanol–water partition coefficient (Wildman–Crippen LogP) is 0.556. The van der Waals surface area contributed by atoms with Gasteiger partial charge in [-0.15, -0.1) is 5.06 Å². The van der Waals surface area contributed by atoms with Gasteiger partial charge in [0.15, 0.2) is 5.75 Å². The zero-order valence-electron chi connectivity index (χ0n) is 10.6. The minimum absolute atomic E-state index is 0.00434. The minimum Gasteiger partial charge on any atom is -0.505 e. The maximum absolute atomic E-state index is 12.0. The summed E-state index contributed by atoms with van der Waals surface area (Å²) in [6.45, 7) is 0. The number of aromatic nitrogens is 2. The van der Waals surface area contributed by atoms with Crippen LogP contribution < -0.4 is 0 Å². The number of carbonyl (C=O) groups excluding carboxylic acids is 3. The molecule has 0 unspecified atom stereocenters. The molecule has 0 bridgehead atoms. The van der Waals surface area contributed by atoms with Gasteiger partial charge in [-0.3, -0.25) is 19.6 Å². The Morgan fingerprint density at radius 3 is 2.67 bits per heavy atom. The fourth-order valence-electron chi connectivity index (χ4n) is 1.95. The van der Waals surface area contributed by atoms with Crippen molar-refractivity contribution in [2.75, 3.05) is 0 Å². The van der Waals surface area contributed by atoms with Crippen molar-refractivity contribution in [2.24, 2.45) is 0 Å². The van der Waals surface area contributed by atoms with Crippen LogP contribution in [0.15, 0.2) is 24.5 Å². The molecule has 0 aliphatic carbocycles. The highest BCUT2D eigenvalue weighted by molar-refractivity contribution is 6.04. The standard InChI is InChI=1S/C13H9N3O5/c17-9-3-4-10(18)16(9)21-13(20)7-6-15-8-2-1-5-14-11(8)12(7)19/h1-2,5-6H,3-4H2,(H,15,19). The Balaban J connectivity index is 1.93. The molecule has 8 nitrogen and oxygen atoms in total. The number of hydrogen-bond acceptors (Lipinski definition) is 7. The molecule has 2 aromatic heterocycles. The van der Waals surface area contributed by atoms with Crippen LogP contribution in [0.4, 0.5) is 0 Å². The molecule has 21 heavy (non-hydrogen) atoms. The molecule has 0 atom stereocenters. The summed E-state index contributed by atoms with van der Waals surface area (Å²) in [5.41, 5.74) is 0.264. The molecule has 0 spiro atoms. The average Bonchev–Trinajstić information content (AvgIpc) is 2.79. The second kappa shape index (κ2) is 4.82. The summed E-state index contributed by atoms with van der Waals surface area (Å²) in [6, 6.07) is 3.25. The second-order valence-corrected chi connectivity index (χ2v) is 4.35. The molecular weight excluding hydrogens is 278 g/mol. The Morgan fingerprint density at radius 2 is 1.95 bits per heavy atom. The van der Waals surface area contributed by atoms with Gasteiger partial charge < -0.3 is 9.94 Å². The number of pyridine rings is 2. The molecule has 2 amide bonds. The third-order valence-electron chi connectivity index (χ3n) is 3.00. The number of hydrogen-bond donors (Lipinski definition) is 1. The van der Waals surface area contributed by atoms with E-state index in [1.807, 2.05) is 0 Å². The molecule has 3 rings (SSSR count). The summed E-state index contributed by atoms with van der Waals surface area (Å²) in [5.74, 6) is -2.65. The molecule has 1 aliphatic rings. The van der Waals surface area contributed by atoms with E-state index < -0.39 is 23.5 Å². The number of rotatable bonds is 2. The lowest BCUT2D eigenvalue weighted by atomic mass is 10.2. The largest absolute Gasteiger partial charge is 0.505 e. The molecule has 0 radical (unpaired) electrons. The SMILES string of the molecule is O=C(ON1C(=O)CCC1=O)c1cnc2cccnc2c1O. The first-order chi connectivity index (χ1) is 10.1. The maximum atomic E-state index is 12.0. The van der Waals surface area contributed by atoms with Crippen LogP contribution in [-0.4, -0.2) is 37.9 Å². The lowest BCUT2D eigenvalue weighted by Gasteiger charge is -2.13. The summed E-state index contributed by atoms with van der Waals surface area (Å²) in [7, 11) is 0. The van der Waals surface area contributed by atoms with Gasteiger partial charge in [0.2, 0.25) is 0 Å². The summed E-state index contributed by atoms with van der Waals surface area (Å²) < 4.78 is 0. The van der Waals surface area contributed by atoms with Crippen molar-refractivity contribution in [1.29, 1.82) is 0 Å². The van der Waals surface area contributed by atoms with Crippen molar-refractivity contribution in [2.45, 2.75) is 12.8 Å². The van der Waals surface area contributed by atoms with Gasteiger partial charge in [-0.25, -0.2) is 4.79 Å². The van der Waals surface area contributed by atoms with Crippen LogP contribution in [0.25, 0.3) is 11.0 Å². The summed E-state index contributed by atoms with van der Waals surface area (Å²) in [6.07, 6.45) is 2.53. The van der Waals surface area contributed by atoms with Crippen molar-refractivity contribution in [3.63, 3.8) is 0 Å². The van der Waals surface area contributed by atoms with Crippen LogP contribution >= 0.6 is 0 Å². The van der Waals surface area contributed by atoms with Crippen molar-refractivity contribution in [3.05, 3.63) is 30.1 Å². The highest BCUT2D eigenvalue weighted by Gasteiger charge is 2.34. The van der Waals surface area contributed by atoms with E-state index in [9.17, 15) is 19.5 Å². The van der Waals surface area contributed by atoms with Crippen molar-refractivity contribution in [3.8, 4) is 5.75 Å². The third-order valence-corrected chi connectivity index (χ3v) is 3.00.